The molecule has 0 bridgehead atoms. The lowest BCUT2D eigenvalue weighted by Crippen LogP contribution is -1.56. The molecular formula is C8H10S2. The van der Waals surface area contributed by atoms with E-state index in [1.54, 1.807) is 11.3 Å². The number of hydrogen-bond donors (Lipinski definition) is 0. The first-order chi connectivity index (χ1) is 5.00. The van der Waals surface area contributed by atoms with Gasteiger partial charge in [0.1, 0.15) is 0 Å². The van der Waals surface area contributed by atoms with Gasteiger partial charge in [0.05, 0.1) is 0 Å². The van der Waals surface area contributed by atoms with Crippen LogP contribution in [0.2, 0.25) is 0 Å². The molecule has 2 heteroatoms. The predicted octanol–water partition coefficient (Wildman–Crippen LogP) is 3.39. The van der Waals surface area contributed by atoms with E-state index in [9.17, 15) is 0 Å². The quantitative estimate of drug-likeness (QED) is 0.575. The van der Waals surface area contributed by atoms with E-state index < -0.39 is 0 Å². The molecule has 0 aliphatic carbocycles. The van der Waals surface area contributed by atoms with Gasteiger partial charge >= 0.3 is 0 Å². The molecule has 0 radical (unpaired) electrons. The fraction of sp³-hybridized carbons (Fsp3) is 0.250. The summed E-state index contributed by atoms with van der Waals surface area (Å²) in [6.45, 7) is 0. The van der Waals surface area contributed by atoms with Crippen LogP contribution in [0.3, 0.4) is 0 Å². The van der Waals surface area contributed by atoms with Crippen LogP contribution in [-0.4, -0.2) is 5.75 Å². The van der Waals surface area contributed by atoms with Crippen LogP contribution in [0.15, 0.2) is 34.4 Å². The van der Waals surface area contributed by atoms with Gasteiger partial charge in [0.25, 0.3) is 0 Å². The number of thiophene rings is 1. The number of hydrogen-bond acceptors (Lipinski definition) is 2. The third kappa shape index (κ3) is 3.75. The Balaban J connectivity index is 0.0000001000. The molecule has 0 spiro atoms. The molecule has 0 N–H and O–H groups in total. The highest BCUT2D eigenvalue weighted by atomic mass is 32.2. The minimum atomic E-state index is 1.28. The predicted molar refractivity (Wildman–Crippen MR) is 50.5 cm³/mol. The van der Waals surface area contributed by atoms with Crippen molar-refractivity contribution in [2.75, 3.05) is 5.75 Å². The summed E-state index contributed by atoms with van der Waals surface area (Å²) in [4.78, 5) is 0. The smallest absolute Gasteiger partial charge is 0.000884 e. The molecule has 1 aromatic rings. The van der Waals surface area contributed by atoms with E-state index in [-0.39, 0.29) is 0 Å². The Kier molecular flexibility index (Phi) is 4.39. The van der Waals surface area contributed by atoms with Crippen LogP contribution >= 0.6 is 23.1 Å². The number of thioether (sulfide) groups is 1. The molecular weight excluding hydrogens is 160 g/mol. The fourth-order valence-corrected chi connectivity index (χ4v) is 1.70. The molecule has 10 heavy (non-hydrogen) atoms. The Morgan fingerprint density at radius 2 is 1.90 bits per heavy atom. The molecule has 0 unspecified atom stereocenters. The highest BCUT2D eigenvalue weighted by molar-refractivity contribution is 8.02. The average Bonchev–Trinajstić information content (AvgIpc) is 2.67. The third-order valence-corrected chi connectivity index (χ3v) is 2.51. The second-order valence-electron chi connectivity index (χ2n) is 1.82. The van der Waals surface area contributed by atoms with Crippen molar-refractivity contribution in [1.82, 2.24) is 0 Å². The van der Waals surface area contributed by atoms with Crippen molar-refractivity contribution in [3.8, 4) is 0 Å². The zero-order chi connectivity index (χ0) is 7.07. The largest absolute Gasteiger partial charge is 0.152 e. The molecule has 0 atom stereocenters. The maximum Gasteiger partial charge on any atom is 0.000884 e. The van der Waals surface area contributed by atoms with E-state index in [1.807, 2.05) is 34.7 Å². The van der Waals surface area contributed by atoms with Crippen molar-refractivity contribution >= 4 is 23.1 Å². The number of rotatable bonds is 0. The fourth-order valence-electron chi connectivity index (χ4n) is 0.567. The van der Waals surface area contributed by atoms with Gasteiger partial charge in [0, 0.05) is 5.75 Å². The highest BCUT2D eigenvalue weighted by Gasteiger charge is 1.85. The van der Waals surface area contributed by atoms with Crippen molar-refractivity contribution in [2.24, 2.45) is 0 Å². The lowest BCUT2D eigenvalue weighted by atomic mass is 10.5. The molecule has 0 fully saturated rings. The van der Waals surface area contributed by atoms with Crippen LogP contribution < -0.4 is 0 Å². The van der Waals surface area contributed by atoms with Gasteiger partial charge in [0.2, 0.25) is 0 Å². The van der Waals surface area contributed by atoms with Gasteiger partial charge in [-0.25, -0.2) is 0 Å². The molecule has 0 nitrogen and oxygen atoms in total. The Bertz CT molecular complexity index is 142. The molecule has 54 valence electrons. The minimum Gasteiger partial charge on any atom is -0.152 e. The first-order valence-electron chi connectivity index (χ1n) is 3.24. The van der Waals surface area contributed by atoms with Gasteiger partial charge < -0.3 is 0 Å². The van der Waals surface area contributed by atoms with E-state index in [4.69, 9.17) is 0 Å². The number of allylic oxidation sites excluding steroid dienone is 1. The van der Waals surface area contributed by atoms with E-state index in [0.29, 0.717) is 0 Å². The topological polar surface area (TPSA) is 0 Å². The molecule has 2 heterocycles. The zero-order valence-electron chi connectivity index (χ0n) is 5.69. The van der Waals surface area contributed by atoms with Crippen LogP contribution in [0, 0.1) is 0 Å². The van der Waals surface area contributed by atoms with Crippen molar-refractivity contribution in [1.29, 1.82) is 0 Å². The molecule has 1 aliphatic heterocycles. The van der Waals surface area contributed by atoms with Gasteiger partial charge in [-0.3, -0.25) is 0 Å². The maximum atomic E-state index is 2.20. The molecule has 0 saturated heterocycles. The maximum absolute atomic E-state index is 2.20. The summed E-state index contributed by atoms with van der Waals surface area (Å²) in [5.74, 6) is 1.31. The summed E-state index contributed by atoms with van der Waals surface area (Å²) >= 11 is 3.61. The van der Waals surface area contributed by atoms with E-state index >= 15 is 0 Å². The first-order valence-corrected chi connectivity index (χ1v) is 5.23. The lowest BCUT2D eigenvalue weighted by molar-refractivity contribution is 1.28. The van der Waals surface area contributed by atoms with Gasteiger partial charge in [-0.05, 0) is 22.6 Å². The molecule has 0 saturated carbocycles. The summed E-state index contributed by atoms with van der Waals surface area (Å²) in [6.07, 6.45) is 3.48. The van der Waals surface area contributed by atoms with Crippen molar-refractivity contribution < 1.29 is 0 Å². The van der Waals surface area contributed by atoms with Crippen molar-refractivity contribution in [2.45, 2.75) is 6.42 Å². The van der Waals surface area contributed by atoms with Crippen LogP contribution in [-0.2, 0) is 0 Å². The van der Waals surface area contributed by atoms with Gasteiger partial charge in [-0.2, -0.15) is 11.3 Å². The van der Waals surface area contributed by atoms with Gasteiger partial charge in [0.15, 0.2) is 0 Å². The normalized spacial score (nSPS) is 14.4. The Labute approximate surface area is 70.0 Å². The summed E-state index contributed by atoms with van der Waals surface area (Å²) < 4.78 is 0. The van der Waals surface area contributed by atoms with Gasteiger partial charge in [-0.1, -0.05) is 18.2 Å². The second-order valence-corrected chi connectivity index (χ2v) is 3.65. The molecule has 1 aliphatic rings. The lowest BCUT2D eigenvalue weighted by Gasteiger charge is -1.69. The summed E-state index contributed by atoms with van der Waals surface area (Å²) in [6, 6.07) is 4.04. The van der Waals surface area contributed by atoms with Crippen LogP contribution in [0.25, 0.3) is 0 Å². The Hall–Kier alpha value is -0.210. The zero-order valence-corrected chi connectivity index (χ0v) is 7.33. The van der Waals surface area contributed by atoms with Crippen molar-refractivity contribution in [3.63, 3.8) is 0 Å². The molecule has 0 aromatic carbocycles. The van der Waals surface area contributed by atoms with Crippen molar-refractivity contribution in [3.05, 3.63) is 34.4 Å². The summed E-state index contributed by atoms with van der Waals surface area (Å²) in [5, 5.41) is 6.24. The van der Waals surface area contributed by atoms with Gasteiger partial charge in [-0.15, -0.1) is 11.8 Å². The molecule has 0 amide bonds. The Morgan fingerprint density at radius 3 is 2.10 bits per heavy atom. The van der Waals surface area contributed by atoms with E-state index in [2.05, 4.69) is 11.5 Å². The highest BCUT2D eigenvalue weighted by Crippen LogP contribution is 2.11. The monoisotopic (exact) mass is 170 g/mol. The summed E-state index contributed by atoms with van der Waals surface area (Å²) in [7, 11) is 0. The average molecular weight is 170 g/mol. The second kappa shape index (κ2) is 5.57. The standard InChI is InChI=1S/C4H6S.C4H4S/c2*1-2-4-5-3-1/h1,3H,2,4H2;1-4H. The summed E-state index contributed by atoms with van der Waals surface area (Å²) in [5.41, 5.74) is 0. The SMILES string of the molecule is C1=CSCC1.c1ccsc1. The van der Waals surface area contributed by atoms with E-state index in [1.165, 1.54) is 12.2 Å². The molecule has 1 aromatic heterocycles. The third-order valence-electron chi connectivity index (χ3n) is 1.02. The molecule has 2 rings (SSSR count). The Morgan fingerprint density at radius 1 is 1.10 bits per heavy atom. The van der Waals surface area contributed by atoms with E-state index in [0.717, 1.165) is 0 Å². The van der Waals surface area contributed by atoms with Crippen LogP contribution in [0.4, 0.5) is 0 Å². The first kappa shape index (κ1) is 7.89. The minimum absolute atomic E-state index is 1.28. The van der Waals surface area contributed by atoms with Crippen LogP contribution in [0.1, 0.15) is 6.42 Å². The van der Waals surface area contributed by atoms with Crippen LogP contribution in [0.5, 0.6) is 0 Å².